The first kappa shape index (κ1) is 9.59. The van der Waals surface area contributed by atoms with E-state index >= 15 is 0 Å². The Morgan fingerprint density at radius 2 is 2.12 bits per heavy atom. The first-order valence-electron chi connectivity index (χ1n) is 5.49. The van der Waals surface area contributed by atoms with Crippen LogP contribution in [-0.4, -0.2) is 15.0 Å². The van der Waals surface area contributed by atoms with E-state index in [9.17, 15) is 0 Å². The Bertz CT molecular complexity index is 538. The normalized spacial score (nSPS) is 19.9. The predicted octanol–water partition coefficient (Wildman–Crippen LogP) is 1.12. The number of hydrogen-bond acceptors (Lipinski definition) is 4. The number of nitrogens with zero attached hydrogens (tertiary/aromatic N) is 2. The van der Waals surface area contributed by atoms with Gasteiger partial charge < -0.3 is 16.5 Å². The van der Waals surface area contributed by atoms with Crippen LogP contribution in [0, 0.1) is 5.92 Å². The van der Waals surface area contributed by atoms with Crippen molar-refractivity contribution in [3.63, 3.8) is 0 Å². The van der Waals surface area contributed by atoms with E-state index in [2.05, 4.69) is 15.0 Å². The lowest BCUT2D eigenvalue weighted by atomic mass is 9.97. The Balaban J connectivity index is 2.11. The molecule has 0 spiro atoms. The first-order valence-corrected chi connectivity index (χ1v) is 5.49. The Hall–Kier alpha value is -1.62. The predicted molar refractivity (Wildman–Crippen MR) is 62.6 cm³/mol. The molecule has 5 N–H and O–H groups in total. The molecular weight excluding hydrogens is 202 g/mol. The molecule has 2 aromatic heterocycles. The molecule has 0 amide bonds. The van der Waals surface area contributed by atoms with Gasteiger partial charge in [0.05, 0.1) is 11.1 Å². The number of hydrogen-bond donors (Lipinski definition) is 3. The summed E-state index contributed by atoms with van der Waals surface area (Å²) in [4.78, 5) is 11.8. The Morgan fingerprint density at radius 1 is 1.38 bits per heavy atom. The number of anilines is 1. The van der Waals surface area contributed by atoms with E-state index in [1.165, 1.54) is 12.8 Å². The highest BCUT2D eigenvalue weighted by Crippen LogP contribution is 2.43. The summed E-state index contributed by atoms with van der Waals surface area (Å²) in [6.07, 6.45) is 2.36. The SMILES string of the molecule is CC(N)(c1nc2nc(N)ccc2[nH]1)C1CC1. The second-order valence-electron chi connectivity index (χ2n) is 4.75. The molecule has 0 bridgehead atoms. The molecule has 0 radical (unpaired) electrons. The molecule has 16 heavy (non-hydrogen) atoms. The fourth-order valence-corrected chi connectivity index (χ4v) is 2.04. The van der Waals surface area contributed by atoms with E-state index in [-0.39, 0.29) is 5.54 Å². The standard InChI is InChI=1S/C11H15N5/c1-11(13,6-2-3-6)10-14-7-4-5-8(12)15-9(7)16-10/h4-6H,2-3,13H2,1H3,(H3,12,14,15,16). The van der Waals surface area contributed by atoms with Crippen LogP contribution in [0.3, 0.4) is 0 Å². The zero-order chi connectivity index (χ0) is 11.3. The number of nitrogen functional groups attached to an aromatic ring is 1. The van der Waals surface area contributed by atoms with Crippen LogP contribution in [0.1, 0.15) is 25.6 Å². The number of nitrogens with one attached hydrogen (secondary N) is 1. The van der Waals surface area contributed by atoms with Crippen molar-refractivity contribution in [2.24, 2.45) is 11.7 Å². The Morgan fingerprint density at radius 3 is 2.81 bits per heavy atom. The highest BCUT2D eigenvalue weighted by Gasteiger charge is 2.41. The minimum Gasteiger partial charge on any atom is -0.384 e. The topological polar surface area (TPSA) is 93.6 Å². The van der Waals surface area contributed by atoms with Gasteiger partial charge in [-0.15, -0.1) is 0 Å². The summed E-state index contributed by atoms with van der Waals surface area (Å²) >= 11 is 0. The number of fused-ring (bicyclic) bond motifs is 1. The van der Waals surface area contributed by atoms with Crippen LogP contribution in [0.4, 0.5) is 5.82 Å². The third-order valence-electron chi connectivity index (χ3n) is 3.30. The molecule has 5 nitrogen and oxygen atoms in total. The van der Waals surface area contributed by atoms with Crippen molar-refractivity contribution in [3.8, 4) is 0 Å². The van der Waals surface area contributed by atoms with Crippen LogP contribution in [0.15, 0.2) is 12.1 Å². The van der Waals surface area contributed by atoms with Crippen molar-refractivity contribution in [2.45, 2.75) is 25.3 Å². The molecule has 1 saturated carbocycles. The number of H-pyrrole nitrogens is 1. The maximum atomic E-state index is 6.29. The molecule has 1 aliphatic carbocycles. The quantitative estimate of drug-likeness (QED) is 0.702. The lowest BCUT2D eigenvalue weighted by Gasteiger charge is -2.20. The van der Waals surface area contributed by atoms with Gasteiger partial charge >= 0.3 is 0 Å². The van der Waals surface area contributed by atoms with Gasteiger partial charge in [-0.25, -0.2) is 9.97 Å². The van der Waals surface area contributed by atoms with E-state index in [0.29, 0.717) is 17.4 Å². The van der Waals surface area contributed by atoms with Gasteiger partial charge in [0.1, 0.15) is 11.6 Å². The molecule has 2 heterocycles. The molecule has 0 aromatic carbocycles. The van der Waals surface area contributed by atoms with Crippen LogP contribution in [0.25, 0.3) is 11.2 Å². The molecule has 3 rings (SSSR count). The van der Waals surface area contributed by atoms with Gasteiger partial charge in [0.25, 0.3) is 0 Å². The summed E-state index contributed by atoms with van der Waals surface area (Å²) in [5, 5.41) is 0. The van der Waals surface area contributed by atoms with Crippen LogP contribution in [0.2, 0.25) is 0 Å². The van der Waals surface area contributed by atoms with Gasteiger partial charge in [-0.2, -0.15) is 0 Å². The molecule has 1 fully saturated rings. The van der Waals surface area contributed by atoms with E-state index in [4.69, 9.17) is 11.5 Å². The highest BCUT2D eigenvalue weighted by molar-refractivity contribution is 5.72. The van der Waals surface area contributed by atoms with E-state index in [1.54, 1.807) is 6.07 Å². The van der Waals surface area contributed by atoms with Crippen LogP contribution >= 0.6 is 0 Å². The van der Waals surface area contributed by atoms with E-state index in [1.807, 2.05) is 13.0 Å². The minimum atomic E-state index is -0.380. The fourth-order valence-electron chi connectivity index (χ4n) is 2.04. The maximum absolute atomic E-state index is 6.29. The van der Waals surface area contributed by atoms with Gasteiger partial charge in [-0.05, 0) is 37.8 Å². The van der Waals surface area contributed by atoms with Gasteiger partial charge in [0.2, 0.25) is 0 Å². The van der Waals surface area contributed by atoms with Gasteiger partial charge in [0.15, 0.2) is 5.65 Å². The number of aromatic nitrogens is 3. The van der Waals surface area contributed by atoms with Gasteiger partial charge in [0, 0.05) is 0 Å². The van der Waals surface area contributed by atoms with Crippen LogP contribution in [-0.2, 0) is 5.54 Å². The second-order valence-corrected chi connectivity index (χ2v) is 4.75. The summed E-state index contributed by atoms with van der Waals surface area (Å²) in [5.41, 5.74) is 13.1. The third-order valence-corrected chi connectivity index (χ3v) is 3.30. The lowest BCUT2D eigenvalue weighted by molar-refractivity contribution is 0.405. The number of imidazole rings is 1. The summed E-state index contributed by atoms with van der Waals surface area (Å²) in [6, 6.07) is 3.65. The summed E-state index contributed by atoms with van der Waals surface area (Å²) in [7, 11) is 0. The smallest absolute Gasteiger partial charge is 0.179 e. The Kier molecular flexibility index (Phi) is 1.77. The molecule has 2 aromatic rings. The number of aromatic amines is 1. The summed E-state index contributed by atoms with van der Waals surface area (Å²) in [5.74, 6) is 1.82. The molecule has 5 heteroatoms. The third kappa shape index (κ3) is 1.36. The zero-order valence-electron chi connectivity index (χ0n) is 9.20. The molecule has 1 unspecified atom stereocenters. The summed E-state index contributed by atoms with van der Waals surface area (Å²) < 4.78 is 0. The van der Waals surface area contributed by atoms with Gasteiger partial charge in [-0.1, -0.05) is 0 Å². The first-order chi connectivity index (χ1) is 7.57. The highest BCUT2D eigenvalue weighted by atomic mass is 15.1. The number of nitrogens with two attached hydrogens (primary N) is 2. The van der Waals surface area contributed by atoms with Crippen molar-refractivity contribution in [2.75, 3.05) is 5.73 Å². The van der Waals surface area contributed by atoms with Gasteiger partial charge in [-0.3, -0.25) is 0 Å². The zero-order valence-corrected chi connectivity index (χ0v) is 9.20. The monoisotopic (exact) mass is 217 g/mol. The lowest BCUT2D eigenvalue weighted by Crippen LogP contribution is -2.36. The summed E-state index contributed by atoms with van der Waals surface area (Å²) in [6.45, 7) is 2.02. The van der Waals surface area contributed by atoms with E-state index < -0.39 is 0 Å². The number of rotatable bonds is 2. The van der Waals surface area contributed by atoms with Crippen molar-refractivity contribution >= 4 is 17.0 Å². The molecule has 1 atom stereocenters. The maximum Gasteiger partial charge on any atom is 0.179 e. The largest absolute Gasteiger partial charge is 0.384 e. The van der Waals surface area contributed by atoms with Crippen molar-refractivity contribution in [1.82, 2.24) is 15.0 Å². The van der Waals surface area contributed by atoms with Crippen molar-refractivity contribution in [1.29, 1.82) is 0 Å². The minimum absolute atomic E-state index is 0.380. The average molecular weight is 217 g/mol. The Labute approximate surface area is 93.3 Å². The van der Waals surface area contributed by atoms with Crippen molar-refractivity contribution in [3.05, 3.63) is 18.0 Å². The second kappa shape index (κ2) is 2.95. The fraction of sp³-hybridized carbons (Fsp3) is 0.455. The average Bonchev–Trinajstić information content (AvgIpc) is 2.99. The molecule has 84 valence electrons. The van der Waals surface area contributed by atoms with Crippen LogP contribution < -0.4 is 11.5 Å². The molecule has 1 aliphatic rings. The molecule has 0 saturated heterocycles. The molecular formula is C11H15N5. The van der Waals surface area contributed by atoms with Crippen LogP contribution in [0.5, 0.6) is 0 Å². The van der Waals surface area contributed by atoms with Crippen molar-refractivity contribution < 1.29 is 0 Å². The molecule has 0 aliphatic heterocycles. The van der Waals surface area contributed by atoms with E-state index in [0.717, 1.165) is 11.3 Å². The number of pyridine rings is 1.